The molecule has 100 valence electrons. The largest absolute Gasteiger partial charge is 0.520 e. The van der Waals surface area contributed by atoms with E-state index in [0.717, 1.165) is 16.5 Å². The summed E-state index contributed by atoms with van der Waals surface area (Å²) in [6, 6.07) is 6.53. The number of aromatic nitrogens is 1. The van der Waals surface area contributed by atoms with Crippen molar-refractivity contribution in [2.75, 3.05) is 0 Å². The van der Waals surface area contributed by atoms with Crippen molar-refractivity contribution in [3.05, 3.63) is 36.0 Å². The summed E-state index contributed by atoms with van der Waals surface area (Å²) in [5, 5.41) is 12.1. The number of aliphatic carboxylic acids is 1. The fourth-order valence-corrected chi connectivity index (χ4v) is 1.82. The van der Waals surface area contributed by atoms with Gasteiger partial charge in [-0.3, -0.25) is 4.79 Å². The molecule has 6 heteroatoms. The van der Waals surface area contributed by atoms with E-state index in [-0.39, 0.29) is 6.42 Å². The molecule has 0 spiro atoms. The quantitative estimate of drug-likeness (QED) is 0.431. The third-order valence-electron chi connectivity index (χ3n) is 2.64. The molecule has 0 bridgehead atoms. The van der Waals surface area contributed by atoms with Crippen LogP contribution in [0.5, 0.6) is 0 Å². The van der Waals surface area contributed by atoms with Gasteiger partial charge in [-0.25, -0.2) is 0 Å². The summed E-state index contributed by atoms with van der Waals surface area (Å²) in [5.74, 6) is -1.07. The number of hydrogen-bond donors (Lipinski definition) is 3. The number of amides is 1. The van der Waals surface area contributed by atoms with Gasteiger partial charge in [-0.05, 0) is 17.7 Å². The summed E-state index contributed by atoms with van der Waals surface area (Å²) >= 11 is 0. The second kappa shape index (κ2) is 5.16. The molecule has 1 amide bonds. The Morgan fingerprint density at radius 2 is 2.22 bits per heavy atom. The molecule has 0 saturated heterocycles. The van der Waals surface area contributed by atoms with Gasteiger partial charge in [-0.2, -0.15) is 6.41 Å². The van der Waals surface area contributed by atoms with Crippen LogP contribution in [0.1, 0.15) is 5.56 Å². The number of aromatic amines is 1. The van der Waals surface area contributed by atoms with Crippen molar-refractivity contribution in [2.24, 2.45) is 0 Å². The van der Waals surface area contributed by atoms with Gasteiger partial charge in [0.25, 0.3) is 0 Å². The minimum atomic E-state index is -1.07. The molecule has 5 nitrogen and oxygen atoms in total. The molecule has 1 aromatic heterocycles. The number of carbonyl (C=O) groups excluding carboxylic acids is 1. The SMILES string of the molecule is O=[C-]NC(Cc1cccc2[nH]ccc12)C(=O)O.[Fm]. The molecular weight excluding hydrogens is 477 g/mol. The van der Waals surface area contributed by atoms with E-state index in [4.69, 9.17) is 5.11 Å². The van der Waals surface area contributed by atoms with Gasteiger partial charge in [0.1, 0.15) is 6.04 Å². The zero-order valence-electron chi connectivity index (χ0n) is 9.22. The van der Waals surface area contributed by atoms with Crippen molar-refractivity contribution in [1.82, 2.24) is 10.3 Å². The van der Waals surface area contributed by atoms with Crippen LogP contribution in [-0.2, 0) is 16.0 Å². The van der Waals surface area contributed by atoms with Crippen molar-refractivity contribution in [3.63, 3.8) is 0 Å². The van der Waals surface area contributed by atoms with E-state index in [0.29, 0.717) is 0 Å². The van der Waals surface area contributed by atoms with Gasteiger partial charge in [-0.1, -0.05) is 12.1 Å². The van der Waals surface area contributed by atoms with Crippen LogP contribution in [0.25, 0.3) is 10.9 Å². The van der Waals surface area contributed by atoms with E-state index < -0.39 is 12.0 Å². The molecule has 1 unspecified atom stereocenters. The molecule has 0 fully saturated rings. The third-order valence-corrected chi connectivity index (χ3v) is 2.64. The number of hydrogen-bond acceptors (Lipinski definition) is 2. The van der Waals surface area contributed by atoms with Crippen LogP contribution in [-0.4, -0.2) is 28.5 Å². The Labute approximate surface area is 97.4 Å². The van der Waals surface area contributed by atoms with E-state index >= 15 is 0 Å². The maximum atomic E-state index is 10.9. The van der Waals surface area contributed by atoms with Crippen molar-refractivity contribution >= 4 is 23.3 Å². The molecule has 18 heavy (non-hydrogen) atoms. The molecule has 1 aromatic carbocycles. The number of carboxylic acid groups (broad SMARTS) is 1. The van der Waals surface area contributed by atoms with Crippen LogP contribution in [0.2, 0.25) is 0 Å². The minimum Gasteiger partial charge on any atom is -0.520 e. The Morgan fingerprint density at radius 1 is 1.44 bits per heavy atom. The average Bonchev–Trinajstić information content (AvgIpc) is 2.77. The van der Waals surface area contributed by atoms with Gasteiger partial charge >= 0.3 is 5.97 Å². The van der Waals surface area contributed by atoms with E-state index in [1.807, 2.05) is 24.3 Å². The van der Waals surface area contributed by atoms with Crippen LogP contribution >= 0.6 is 0 Å². The Morgan fingerprint density at radius 3 is 2.89 bits per heavy atom. The number of benzene rings is 1. The molecule has 0 aliphatic heterocycles. The van der Waals surface area contributed by atoms with Crippen LogP contribution in [0, 0.1) is 0 Å². The van der Waals surface area contributed by atoms with Crippen LogP contribution in [0.15, 0.2) is 30.5 Å². The molecule has 1 heterocycles. The molecule has 2 aromatic rings. The van der Waals surface area contributed by atoms with Gasteiger partial charge in [0.15, 0.2) is 0 Å². The first-order valence-electron chi connectivity index (χ1n) is 5.13. The third kappa shape index (κ3) is 2.27. The smallest absolute Gasteiger partial charge is 0.323 e. The Bertz CT molecular complexity index is 553. The number of rotatable bonds is 5. The fraction of sp³-hybridized carbons (Fsp3) is 0.167. The number of nitrogens with one attached hydrogen (secondary N) is 2. The monoisotopic (exact) mass is 488 g/mol. The molecule has 2 rings (SSSR count). The maximum absolute atomic E-state index is 10.9. The summed E-state index contributed by atoms with van der Waals surface area (Å²) < 4.78 is 0. The zero-order valence-corrected chi connectivity index (χ0v) is 11.6. The van der Waals surface area contributed by atoms with Gasteiger partial charge < -0.3 is 20.2 Å². The molecule has 0 aliphatic carbocycles. The van der Waals surface area contributed by atoms with E-state index in [1.54, 1.807) is 6.20 Å². The summed E-state index contributed by atoms with van der Waals surface area (Å²) in [4.78, 5) is 24.2. The Balaban J connectivity index is 0.00000162. The predicted molar refractivity (Wildman–Crippen MR) is 62.3 cm³/mol. The van der Waals surface area contributed by atoms with Crippen molar-refractivity contribution in [1.29, 1.82) is 0 Å². The standard InChI is InChI=1S/C12H11N2O3.Fm/c15-7-14-11(12(16)17)6-8-2-1-3-10-9(8)4-5-13-10;/h1-5,11,13H,6H2,(H,14,15)(H,16,17);/q-1;. The number of H-pyrrole nitrogens is 1. The van der Waals surface area contributed by atoms with E-state index in [9.17, 15) is 9.59 Å². The second-order valence-electron chi connectivity index (χ2n) is 3.70. The number of carbonyl (C=O) groups is 1. The number of carboxylic acids is 1. The summed E-state index contributed by atoms with van der Waals surface area (Å²) in [6.45, 7) is 0. The topological polar surface area (TPSA) is 82.2 Å². The summed E-state index contributed by atoms with van der Waals surface area (Å²) in [7, 11) is 0. The first kappa shape index (κ1) is 12.8. The van der Waals surface area contributed by atoms with Gasteiger partial charge in [-0.15, -0.1) is 0 Å². The first-order chi connectivity index (χ1) is 8.22. The first-order valence-corrected chi connectivity index (χ1v) is 5.13. The van der Waals surface area contributed by atoms with Gasteiger partial charge in [0.05, 0.1) is 0 Å². The zero-order chi connectivity index (χ0) is 12.3. The van der Waals surface area contributed by atoms with Crippen molar-refractivity contribution < 1.29 is 14.7 Å². The van der Waals surface area contributed by atoms with Gasteiger partial charge in [0.2, 0.25) is 0 Å². The normalized spacial score (nSPS) is 11.6. The summed E-state index contributed by atoms with van der Waals surface area (Å²) in [5.41, 5.74) is 1.82. The molecule has 0 aliphatic rings. The average molecular weight is 488 g/mol. The number of fused-ring (bicyclic) bond motifs is 1. The summed E-state index contributed by atoms with van der Waals surface area (Å²) in [6.07, 6.45) is 3.45. The van der Waals surface area contributed by atoms with Gasteiger partial charge in [0, 0.05) is 23.5 Å². The predicted octanol–water partition coefficient (Wildman–Crippen LogP) is 0.820. The van der Waals surface area contributed by atoms with Crippen molar-refractivity contribution in [2.45, 2.75) is 12.5 Å². The van der Waals surface area contributed by atoms with E-state index in [1.165, 1.54) is 6.41 Å². The molecule has 0 saturated carbocycles. The van der Waals surface area contributed by atoms with Crippen LogP contribution in [0.4, 0.5) is 0 Å². The van der Waals surface area contributed by atoms with E-state index in [2.05, 4.69) is 10.3 Å². The van der Waals surface area contributed by atoms with Crippen molar-refractivity contribution in [3.8, 4) is 0 Å². The van der Waals surface area contributed by atoms with Crippen LogP contribution < -0.4 is 5.32 Å². The Hall–Kier alpha value is -3.30. The van der Waals surface area contributed by atoms with Crippen LogP contribution in [0.3, 0.4) is 0 Å². The molecule has 3 N–H and O–H groups in total. The minimum absolute atomic E-state index is 0. The fourth-order valence-electron chi connectivity index (χ4n) is 1.82. The molecule has 1 atom stereocenters. The Kier molecular flexibility index (Phi) is 3.66. The second-order valence-corrected chi connectivity index (χ2v) is 3.70. The molecular formula is C12H11FmN2O3-. The maximum Gasteiger partial charge on any atom is 0.323 e. The molecule has 0 radical (unpaired) electrons.